The molecule has 168 valence electrons. The van der Waals surface area contributed by atoms with Crippen LogP contribution in [0.4, 0.5) is 0 Å². The van der Waals surface area contributed by atoms with Gasteiger partial charge >= 0.3 is 0 Å². The van der Waals surface area contributed by atoms with Crippen molar-refractivity contribution in [2.24, 2.45) is 0 Å². The number of hydrogen-bond donors (Lipinski definition) is 0. The molecular weight excluding hydrogens is 428 g/mol. The van der Waals surface area contributed by atoms with Gasteiger partial charge in [0.05, 0.1) is 37.3 Å². The van der Waals surface area contributed by atoms with E-state index in [-0.39, 0.29) is 12.5 Å². The van der Waals surface area contributed by atoms with Crippen LogP contribution in [0.1, 0.15) is 23.9 Å². The Morgan fingerprint density at radius 3 is 2.94 bits per heavy atom. The van der Waals surface area contributed by atoms with E-state index >= 15 is 0 Å². The molecule has 1 aliphatic rings. The van der Waals surface area contributed by atoms with Crippen molar-refractivity contribution in [3.63, 3.8) is 0 Å². The van der Waals surface area contributed by atoms with Gasteiger partial charge in [-0.2, -0.15) is 4.52 Å². The summed E-state index contributed by atoms with van der Waals surface area (Å²) in [5.74, 6) is 1.82. The highest BCUT2D eigenvalue weighted by molar-refractivity contribution is 5.71. The molecule has 1 aliphatic heterocycles. The third-order valence-electron chi connectivity index (χ3n) is 5.55. The van der Waals surface area contributed by atoms with Gasteiger partial charge < -0.3 is 23.3 Å². The van der Waals surface area contributed by atoms with Gasteiger partial charge in [0.2, 0.25) is 5.82 Å². The summed E-state index contributed by atoms with van der Waals surface area (Å²) in [5, 5.41) is 16.8. The second-order valence-corrected chi connectivity index (χ2v) is 7.74. The number of aromatic nitrogens is 8. The van der Waals surface area contributed by atoms with Gasteiger partial charge in [-0.05, 0) is 25.5 Å². The predicted molar refractivity (Wildman–Crippen MR) is 114 cm³/mol. The summed E-state index contributed by atoms with van der Waals surface area (Å²) in [6.45, 7) is 3.46. The minimum absolute atomic E-state index is 0.185. The van der Waals surface area contributed by atoms with Gasteiger partial charge in [-0.25, -0.2) is 9.97 Å². The van der Waals surface area contributed by atoms with Crippen molar-refractivity contribution in [3.8, 4) is 23.1 Å². The summed E-state index contributed by atoms with van der Waals surface area (Å²) in [6, 6.07) is 7.69. The van der Waals surface area contributed by atoms with Crippen LogP contribution < -0.4 is 9.47 Å². The summed E-state index contributed by atoms with van der Waals surface area (Å²) >= 11 is 0. The molecule has 0 bridgehead atoms. The predicted octanol–water partition coefficient (Wildman–Crippen LogP) is 2.38. The molecule has 0 radical (unpaired) electrons. The van der Waals surface area contributed by atoms with Crippen LogP contribution in [-0.4, -0.2) is 59.8 Å². The number of ether oxygens (including phenoxy) is 3. The van der Waals surface area contributed by atoms with E-state index in [4.69, 9.17) is 18.7 Å². The Hall–Kier alpha value is -4.06. The monoisotopic (exact) mass is 448 g/mol. The number of aryl methyl sites for hydroxylation is 1. The molecule has 5 aromatic heterocycles. The SMILES string of the molecule is COc1cc2nnc(-c3cc(C)on3)n2nc1OCc1ccc2c(ncn2C2CCOC2)n1. The lowest BCUT2D eigenvalue weighted by atomic mass is 10.2. The Balaban J connectivity index is 1.28. The second-order valence-electron chi connectivity index (χ2n) is 7.74. The molecule has 0 saturated carbocycles. The van der Waals surface area contributed by atoms with E-state index in [9.17, 15) is 0 Å². The minimum Gasteiger partial charge on any atom is -0.491 e. The zero-order chi connectivity index (χ0) is 22.4. The summed E-state index contributed by atoms with van der Waals surface area (Å²) in [6.07, 6.45) is 2.79. The number of imidazole rings is 1. The van der Waals surface area contributed by atoms with Gasteiger partial charge in [-0.3, -0.25) is 0 Å². The fraction of sp³-hybridized carbons (Fsp3) is 0.333. The Labute approximate surface area is 187 Å². The van der Waals surface area contributed by atoms with Gasteiger partial charge in [0.1, 0.15) is 12.4 Å². The first kappa shape index (κ1) is 19.6. The minimum atomic E-state index is 0.185. The van der Waals surface area contributed by atoms with Gasteiger partial charge in [-0.1, -0.05) is 5.16 Å². The molecule has 12 nitrogen and oxygen atoms in total. The highest BCUT2D eigenvalue weighted by Crippen LogP contribution is 2.28. The van der Waals surface area contributed by atoms with Crippen molar-refractivity contribution in [2.45, 2.75) is 26.0 Å². The quantitative estimate of drug-likeness (QED) is 0.382. The third-order valence-corrected chi connectivity index (χ3v) is 5.55. The normalized spacial score (nSPS) is 16.1. The summed E-state index contributed by atoms with van der Waals surface area (Å²) in [5.41, 5.74) is 3.38. The maximum absolute atomic E-state index is 5.97. The second kappa shape index (κ2) is 7.81. The molecule has 1 fully saturated rings. The fourth-order valence-electron chi connectivity index (χ4n) is 3.89. The van der Waals surface area contributed by atoms with Crippen molar-refractivity contribution in [1.29, 1.82) is 0 Å². The number of methoxy groups -OCH3 is 1. The first-order chi connectivity index (χ1) is 16.2. The Morgan fingerprint density at radius 1 is 1.21 bits per heavy atom. The van der Waals surface area contributed by atoms with Crippen molar-refractivity contribution >= 4 is 16.8 Å². The number of hydrogen-bond acceptors (Lipinski definition) is 10. The average Bonchev–Trinajstić information content (AvgIpc) is 3.62. The Kier molecular flexibility index (Phi) is 4.64. The van der Waals surface area contributed by atoms with Crippen molar-refractivity contribution in [2.75, 3.05) is 20.3 Å². The molecule has 0 aromatic carbocycles. The average molecular weight is 448 g/mol. The van der Waals surface area contributed by atoms with E-state index in [2.05, 4.69) is 35.0 Å². The van der Waals surface area contributed by atoms with Gasteiger partial charge in [-0.15, -0.1) is 15.3 Å². The van der Waals surface area contributed by atoms with Crippen molar-refractivity contribution in [1.82, 2.24) is 39.5 Å². The maximum atomic E-state index is 5.97. The molecule has 6 rings (SSSR count). The molecule has 12 heteroatoms. The van der Waals surface area contributed by atoms with Crippen LogP contribution in [0, 0.1) is 6.92 Å². The van der Waals surface area contributed by atoms with E-state index in [0.29, 0.717) is 47.0 Å². The van der Waals surface area contributed by atoms with E-state index < -0.39 is 0 Å². The Bertz CT molecular complexity index is 1450. The number of pyridine rings is 1. The Morgan fingerprint density at radius 2 is 2.15 bits per heavy atom. The lowest BCUT2D eigenvalue weighted by molar-refractivity contribution is 0.187. The van der Waals surface area contributed by atoms with E-state index in [1.807, 2.05) is 18.5 Å². The maximum Gasteiger partial charge on any atom is 0.275 e. The summed E-state index contributed by atoms with van der Waals surface area (Å²) < 4.78 is 25.7. The lowest BCUT2D eigenvalue weighted by Gasteiger charge is -2.11. The largest absolute Gasteiger partial charge is 0.491 e. The topological polar surface area (TPSA) is 128 Å². The number of rotatable bonds is 6. The van der Waals surface area contributed by atoms with E-state index in [0.717, 1.165) is 24.2 Å². The number of fused-ring (bicyclic) bond motifs is 2. The van der Waals surface area contributed by atoms with Gasteiger partial charge in [0.25, 0.3) is 5.88 Å². The third kappa shape index (κ3) is 3.44. The van der Waals surface area contributed by atoms with Gasteiger partial charge in [0.15, 0.2) is 22.7 Å². The molecule has 33 heavy (non-hydrogen) atoms. The fourth-order valence-corrected chi connectivity index (χ4v) is 3.89. The standard InChI is InChI=1S/C21H20N8O4/c1-12-7-15(27-33-12)20-25-24-18-8-17(30-2)21(26-29(18)20)32-9-13-3-4-16-19(23-13)22-11-28(16)14-5-6-31-10-14/h3-4,7-8,11,14H,5-6,9-10H2,1-2H3. The molecule has 1 unspecified atom stereocenters. The van der Waals surface area contributed by atoms with Gasteiger partial charge in [0, 0.05) is 18.7 Å². The highest BCUT2D eigenvalue weighted by Gasteiger charge is 2.21. The first-order valence-electron chi connectivity index (χ1n) is 10.5. The van der Waals surface area contributed by atoms with E-state index in [1.165, 1.54) is 4.52 Å². The highest BCUT2D eigenvalue weighted by atomic mass is 16.5. The van der Waals surface area contributed by atoms with Crippen LogP contribution in [0.2, 0.25) is 0 Å². The zero-order valence-corrected chi connectivity index (χ0v) is 18.0. The van der Waals surface area contributed by atoms with Crippen LogP contribution >= 0.6 is 0 Å². The molecule has 1 atom stereocenters. The molecule has 5 aromatic rings. The van der Waals surface area contributed by atoms with Crippen molar-refractivity contribution < 1.29 is 18.7 Å². The molecule has 6 heterocycles. The van der Waals surface area contributed by atoms with Crippen LogP contribution in [0.5, 0.6) is 11.6 Å². The summed E-state index contributed by atoms with van der Waals surface area (Å²) in [4.78, 5) is 9.10. The van der Waals surface area contributed by atoms with E-state index in [1.54, 1.807) is 26.2 Å². The van der Waals surface area contributed by atoms with Crippen molar-refractivity contribution in [3.05, 3.63) is 42.0 Å². The lowest BCUT2D eigenvalue weighted by Crippen LogP contribution is -2.07. The molecule has 0 N–H and O–H groups in total. The molecular formula is C21H20N8O4. The van der Waals surface area contributed by atoms with Crippen LogP contribution in [0.25, 0.3) is 28.3 Å². The smallest absolute Gasteiger partial charge is 0.275 e. The molecule has 0 amide bonds. The molecule has 1 saturated heterocycles. The summed E-state index contributed by atoms with van der Waals surface area (Å²) in [7, 11) is 1.54. The van der Waals surface area contributed by atoms with Crippen LogP contribution in [0.15, 0.2) is 35.1 Å². The zero-order valence-electron chi connectivity index (χ0n) is 18.0. The first-order valence-corrected chi connectivity index (χ1v) is 10.5. The molecule has 0 spiro atoms. The van der Waals surface area contributed by atoms with Crippen LogP contribution in [-0.2, 0) is 11.3 Å². The number of nitrogens with zero attached hydrogens (tertiary/aromatic N) is 8. The van der Waals surface area contributed by atoms with Crippen LogP contribution in [0.3, 0.4) is 0 Å². The molecule has 0 aliphatic carbocycles.